The molecule has 0 aromatic heterocycles. The second-order valence-corrected chi connectivity index (χ2v) is 21.1. The number of nitrogens with zero attached hydrogens (tertiary/aromatic N) is 1. The van der Waals surface area contributed by atoms with Crippen LogP contribution in [0, 0.1) is 0 Å². The number of unbranched alkanes of at least 4 members (excludes halogenated alkanes) is 33. The number of esters is 1. The maximum absolute atomic E-state index is 12.8. The Hall–Kier alpha value is -1.02. The summed E-state index contributed by atoms with van der Waals surface area (Å²) in [7, 11) is 1.68. The topological polar surface area (TPSA) is 91.3 Å². The van der Waals surface area contributed by atoms with E-state index in [1.54, 1.807) is 0 Å². The smallest absolute Gasteiger partial charge is 0.457 e. The van der Waals surface area contributed by atoms with E-state index >= 15 is 0 Å². The third-order valence-corrected chi connectivity index (χ3v) is 13.0. The Balaban J connectivity index is 4.08. The van der Waals surface area contributed by atoms with Gasteiger partial charge in [-0.15, -0.1) is 0 Å². The van der Waals surface area contributed by atoms with Gasteiger partial charge in [-0.3, -0.25) is 13.8 Å². The number of phosphoric acid groups is 1. The van der Waals surface area contributed by atoms with Crippen LogP contribution in [0.3, 0.4) is 0 Å². The molecule has 63 heavy (non-hydrogen) atoms. The number of rotatable bonds is 51. The molecule has 0 spiro atoms. The molecule has 0 rings (SSSR count). The van der Waals surface area contributed by atoms with Gasteiger partial charge < -0.3 is 18.9 Å². The molecule has 0 aliphatic rings. The van der Waals surface area contributed by atoms with Gasteiger partial charge in [-0.2, -0.15) is 0 Å². The van der Waals surface area contributed by atoms with Crippen LogP contribution in [-0.2, 0) is 27.9 Å². The van der Waals surface area contributed by atoms with Crippen molar-refractivity contribution >= 4 is 13.8 Å². The molecule has 374 valence electrons. The molecule has 0 amide bonds. The molecule has 0 aromatic rings. The highest BCUT2D eigenvalue weighted by atomic mass is 31.2. The van der Waals surface area contributed by atoms with Gasteiger partial charge in [-0.25, -0.2) is 4.57 Å². The van der Waals surface area contributed by atoms with E-state index in [0.29, 0.717) is 24.1 Å². The zero-order valence-corrected chi connectivity index (χ0v) is 43.5. The second kappa shape index (κ2) is 47.5. The molecule has 0 saturated heterocycles. The molecule has 0 fully saturated rings. The summed E-state index contributed by atoms with van der Waals surface area (Å²) < 4.78 is 35.2. The SMILES string of the molecule is CCCCC/C=C\C/C=C\CCCCCCCCCCCCOCC(COP(=O)(O)OCC[N+](C)(C)C)OC(=O)CCCCCCCCCCCCCCCCCCCCCCC. The molecule has 9 heteroatoms. The van der Waals surface area contributed by atoms with E-state index in [-0.39, 0.29) is 25.8 Å². The van der Waals surface area contributed by atoms with Crippen LogP contribution in [0.25, 0.3) is 0 Å². The number of ether oxygens (including phenoxy) is 2. The predicted molar refractivity (Wildman–Crippen MR) is 270 cm³/mol. The van der Waals surface area contributed by atoms with Crippen molar-refractivity contribution in [3.63, 3.8) is 0 Å². The van der Waals surface area contributed by atoms with Gasteiger partial charge in [0.25, 0.3) is 0 Å². The van der Waals surface area contributed by atoms with Gasteiger partial charge in [0.2, 0.25) is 0 Å². The number of hydrogen-bond donors (Lipinski definition) is 1. The quantitative estimate of drug-likeness (QED) is 0.0214. The third-order valence-electron chi connectivity index (χ3n) is 12.0. The Morgan fingerprint density at radius 3 is 1.32 bits per heavy atom. The van der Waals surface area contributed by atoms with E-state index in [2.05, 4.69) is 38.2 Å². The number of quaternary nitrogens is 1. The molecule has 0 aliphatic heterocycles. The van der Waals surface area contributed by atoms with Crippen LogP contribution < -0.4 is 0 Å². The monoisotopic (exact) mass is 913 g/mol. The van der Waals surface area contributed by atoms with Crippen LogP contribution in [0.15, 0.2) is 24.3 Å². The number of carbonyl (C=O) groups is 1. The van der Waals surface area contributed by atoms with Crippen LogP contribution in [0.4, 0.5) is 0 Å². The van der Waals surface area contributed by atoms with Gasteiger partial charge >= 0.3 is 13.8 Å². The molecule has 0 aliphatic carbocycles. The summed E-state index contributed by atoms with van der Waals surface area (Å²) in [4.78, 5) is 23.0. The largest absolute Gasteiger partial charge is 0.472 e. The lowest BCUT2D eigenvalue weighted by atomic mass is 10.0. The molecule has 0 heterocycles. The Kier molecular flexibility index (Phi) is 46.7. The normalized spacial score (nSPS) is 13.7. The van der Waals surface area contributed by atoms with Crippen LogP contribution in [-0.4, -0.2) is 75.6 Å². The Morgan fingerprint density at radius 2 is 0.873 bits per heavy atom. The Bertz CT molecular complexity index is 1060. The van der Waals surface area contributed by atoms with Gasteiger partial charge in [-0.1, -0.05) is 231 Å². The average Bonchev–Trinajstić information content (AvgIpc) is 3.24. The maximum atomic E-state index is 12.8. The summed E-state index contributed by atoms with van der Waals surface area (Å²) in [5, 5.41) is 0. The van der Waals surface area contributed by atoms with Crippen LogP contribution in [0.5, 0.6) is 0 Å². The van der Waals surface area contributed by atoms with Gasteiger partial charge in [0.15, 0.2) is 0 Å². The zero-order valence-electron chi connectivity index (χ0n) is 42.6. The van der Waals surface area contributed by atoms with Gasteiger partial charge in [0.1, 0.15) is 19.3 Å². The lowest BCUT2D eigenvalue weighted by Crippen LogP contribution is -2.37. The van der Waals surface area contributed by atoms with E-state index < -0.39 is 13.9 Å². The highest BCUT2D eigenvalue weighted by Crippen LogP contribution is 2.43. The minimum absolute atomic E-state index is 0.0906. The maximum Gasteiger partial charge on any atom is 0.472 e. The van der Waals surface area contributed by atoms with Gasteiger partial charge in [-0.05, 0) is 44.9 Å². The van der Waals surface area contributed by atoms with Crippen LogP contribution in [0.1, 0.15) is 258 Å². The first-order valence-corrected chi connectivity index (χ1v) is 28.6. The van der Waals surface area contributed by atoms with Crippen LogP contribution in [0.2, 0.25) is 0 Å². The Labute approximate surface area is 392 Å². The first-order chi connectivity index (χ1) is 30.6. The summed E-state index contributed by atoms with van der Waals surface area (Å²) in [5.41, 5.74) is 0. The highest BCUT2D eigenvalue weighted by Gasteiger charge is 2.26. The average molecular weight is 913 g/mol. The van der Waals surface area contributed by atoms with Crippen molar-refractivity contribution in [3.05, 3.63) is 24.3 Å². The van der Waals surface area contributed by atoms with Crippen molar-refractivity contribution in [2.24, 2.45) is 0 Å². The molecule has 0 saturated carbocycles. The number of phosphoric ester groups is 1. The first-order valence-electron chi connectivity index (χ1n) is 27.1. The predicted octanol–water partition coefficient (Wildman–Crippen LogP) is 16.7. The zero-order chi connectivity index (χ0) is 46.2. The van der Waals surface area contributed by atoms with E-state index in [4.69, 9.17) is 18.5 Å². The molecule has 0 aromatic carbocycles. The molecular formula is C54H107NO7P+. The molecule has 0 bridgehead atoms. The molecule has 2 unspecified atom stereocenters. The van der Waals surface area contributed by atoms with E-state index in [1.165, 1.54) is 199 Å². The highest BCUT2D eigenvalue weighted by molar-refractivity contribution is 7.47. The van der Waals surface area contributed by atoms with Gasteiger partial charge in [0, 0.05) is 13.0 Å². The summed E-state index contributed by atoms with van der Waals surface area (Å²) in [6.45, 7) is 5.65. The fourth-order valence-electron chi connectivity index (χ4n) is 7.82. The molecule has 2 atom stereocenters. The number of carbonyl (C=O) groups excluding carboxylic acids is 1. The lowest BCUT2D eigenvalue weighted by Gasteiger charge is -2.24. The van der Waals surface area contributed by atoms with Crippen LogP contribution >= 0.6 is 7.82 Å². The van der Waals surface area contributed by atoms with Crippen molar-refractivity contribution in [1.29, 1.82) is 0 Å². The second-order valence-electron chi connectivity index (χ2n) is 19.6. The first kappa shape index (κ1) is 62.0. The number of likely N-dealkylation sites (N-methyl/N-ethyl adjacent to an activating group) is 1. The molecule has 0 radical (unpaired) electrons. The lowest BCUT2D eigenvalue weighted by molar-refractivity contribution is -0.870. The van der Waals surface area contributed by atoms with E-state index in [9.17, 15) is 14.3 Å². The fourth-order valence-corrected chi connectivity index (χ4v) is 8.56. The van der Waals surface area contributed by atoms with Crippen molar-refractivity contribution in [1.82, 2.24) is 0 Å². The number of allylic oxidation sites excluding steroid dienone is 4. The fraction of sp³-hybridized carbons (Fsp3) is 0.907. The van der Waals surface area contributed by atoms with Crippen molar-refractivity contribution in [2.75, 3.05) is 54.1 Å². The molecular weight excluding hydrogens is 806 g/mol. The summed E-state index contributed by atoms with van der Waals surface area (Å²) in [6, 6.07) is 0. The third kappa shape index (κ3) is 51.8. The summed E-state index contributed by atoms with van der Waals surface area (Å²) in [6.07, 6.45) is 56.5. The van der Waals surface area contributed by atoms with Gasteiger partial charge in [0.05, 0.1) is 34.4 Å². The summed E-state index contributed by atoms with van der Waals surface area (Å²) in [5.74, 6) is -0.308. The number of hydrogen-bond acceptors (Lipinski definition) is 6. The van der Waals surface area contributed by atoms with Crippen molar-refractivity contribution in [2.45, 2.75) is 264 Å². The van der Waals surface area contributed by atoms with Crippen molar-refractivity contribution < 1.29 is 37.3 Å². The minimum Gasteiger partial charge on any atom is -0.457 e. The van der Waals surface area contributed by atoms with E-state index in [1.807, 2.05) is 21.1 Å². The van der Waals surface area contributed by atoms with Crippen molar-refractivity contribution in [3.8, 4) is 0 Å². The Morgan fingerprint density at radius 1 is 0.492 bits per heavy atom. The summed E-state index contributed by atoms with van der Waals surface area (Å²) >= 11 is 0. The van der Waals surface area contributed by atoms with E-state index in [0.717, 1.165) is 38.5 Å². The molecule has 8 nitrogen and oxygen atoms in total. The standard InChI is InChI=1S/C54H106NO7P/c1-6-8-10-12-14-16-18-20-22-24-26-28-29-31-33-35-37-39-41-43-45-47-54(56)62-53(52-61-63(57,58)60-50-48-55(3,4)5)51-59-49-46-44-42-40-38-36-34-32-30-27-25-23-21-19-17-15-13-11-9-7-2/h15,17,21,23,53H,6-14,16,18-20,22,24-52H2,1-5H3/p+1/b17-15-,23-21-. The molecule has 1 N–H and O–H groups in total. The minimum atomic E-state index is -4.28.